The van der Waals surface area contributed by atoms with E-state index in [0.717, 1.165) is 10.6 Å². The van der Waals surface area contributed by atoms with Crippen molar-refractivity contribution in [1.29, 1.82) is 0 Å². The third kappa shape index (κ3) is 2.15. The molecule has 5 heteroatoms. The fraction of sp³-hybridized carbons (Fsp3) is 0.273. The van der Waals surface area contributed by atoms with Crippen LogP contribution < -0.4 is 5.32 Å². The molecule has 0 fully saturated rings. The topological polar surface area (TPSA) is 42.0 Å². The highest BCUT2D eigenvalue weighted by molar-refractivity contribution is 7.23. The first kappa shape index (κ1) is 11.3. The summed E-state index contributed by atoms with van der Waals surface area (Å²) in [5, 5.41) is 5.47. The molecule has 2 aromatic heterocycles. The lowest BCUT2D eigenvalue weighted by atomic mass is 10.2. The van der Waals surface area contributed by atoms with E-state index in [4.69, 9.17) is 0 Å². The van der Waals surface area contributed by atoms with Gasteiger partial charge in [-0.05, 0) is 30.9 Å². The number of anilines is 1. The van der Waals surface area contributed by atoms with Crippen LogP contribution in [0.25, 0.3) is 9.75 Å². The molecular weight excluding hydrogens is 240 g/mol. The molecule has 16 heavy (non-hydrogen) atoms. The first-order chi connectivity index (χ1) is 7.58. The lowest BCUT2D eigenvalue weighted by Crippen LogP contribution is -2.04. The number of thiophene rings is 1. The second-order valence-corrected chi connectivity index (χ2v) is 5.46. The largest absolute Gasteiger partial charge is 0.302 e. The SMILES string of the molecule is CC(=O)Nc1nc(C)c(-c2sccc2C)s1. The molecule has 0 radical (unpaired) electrons. The highest BCUT2D eigenvalue weighted by Gasteiger charge is 2.13. The summed E-state index contributed by atoms with van der Waals surface area (Å²) in [6.07, 6.45) is 0. The van der Waals surface area contributed by atoms with Gasteiger partial charge >= 0.3 is 0 Å². The van der Waals surface area contributed by atoms with Crippen LogP contribution in [-0.4, -0.2) is 10.9 Å². The Labute approximate surface area is 102 Å². The molecule has 0 aliphatic carbocycles. The standard InChI is InChI=1S/C11H12N2OS2/c1-6-4-5-15-9(6)10-7(2)12-11(16-10)13-8(3)14/h4-5H,1-3H3,(H,12,13,14). The molecule has 0 atom stereocenters. The van der Waals surface area contributed by atoms with Gasteiger partial charge in [-0.3, -0.25) is 4.79 Å². The molecule has 0 saturated carbocycles. The maximum Gasteiger partial charge on any atom is 0.223 e. The number of hydrogen-bond acceptors (Lipinski definition) is 4. The van der Waals surface area contributed by atoms with Crippen LogP contribution in [-0.2, 0) is 4.79 Å². The number of carbonyl (C=O) groups excluding carboxylic acids is 1. The average molecular weight is 252 g/mol. The predicted octanol–water partition coefficient (Wildman–Crippen LogP) is 3.45. The van der Waals surface area contributed by atoms with Crippen LogP contribution in [0.15, 0.2) is 11.4 Å². The number of thiazole rings is 1. The van der Waals surface area contributed by atoms with Crippen molar-refractivity contribution >= 4 is 33.7 Å². The molecule has 3 nitrogen and oxygen atoms in total. The summed E-state index contributed by atoms with van der Waals surface area (Å²) in [6.45, 7) is 5.55. The second-order valence-electron chi connectivity index (χ2n) is 3.55. The molecule has 0 aliphatic heterocycles. The summed E-state index contributed by atoms with van der Waals surface area (Å²) in [6, 6.07) is 2.09. The minimum Gasteiger partial charge on any atom is -0.302 e. The molecule has 0 unspecified atom stereocenters. The molecule has 0 aliphatic rings. The normalized spacial score (nSPS) is 10.4. The summed E-state index contributed by atoms with van der Waals surface area (Å²) in [5.74, 6) is -0.0804. The lowest BCUT2D eigenvalue weighted by molar-refractivity contribution is -0.114. The van der Waals surface area contributed by atoms with E-state index in [0.29, 0.717) is 5.13 Å². The Bertz CT molecular complexity index is 528. The molecule has 0 bridgehead atoms. The summed E-state index contributed by atoms with van der Waals surface area (Å²) in [4.78, 5) is 17.7. The van der Waals surface area contributed by atoms with Crippen LogP contribution in [0.2, 0.25) is 0 Å². The zero-order valence-corrected chi connectivity index (χ0v) is 11.0. The minimum atomic E-state index is -0.0804. The fourth-order valence-corrected chi connectivity index (χ4v) is 3.62. The maximum absolute atomic E-state index is 10.9. The Morgan fingerprint density at radius 3 is 2.69 bits per heavy atom. The number of aromatic nitrogens is 1. The van der Waals surface area contributed by atoms with E-state index in [-0.39, 0.29) is 5.91 Å². The maximum atomic E-state index is 10.9. The smallest absolute Gasteiger partial charge is 0.223 e. The van der Waals surface area contributed by atoms with E-state index in [9.17, 15) is 4.79 Å². The Kier molecular flexibility index (Phi) is 3.07. The van der Waals surface area contributed by atoms with E-state index in [1.54, 1.807) is 11.3 Å². The summed E-state index contributed by atoms with van der Waals surface area (Å²) in [7, 11) is 0. The highest BCUT2D eigenvalue weighted by Crippen LogP contribution is 2.37. The first-order valence-corrected chi connectivity index (χ1v) is 6.57. The molecule has 0 spiro atoms. The molecule has 1 N–H and O–H groups in total. The highest BCUT2D eigenvalue weighted by atomic mass is 32.1. The summed E-state index contributed by atoms with van der Waals surface area (Å²) in [5.41, 5.74) is 2.23. The van der Waals surface area contributed by atoms with E-state index in [1.807, 2.05) is 6.92 Å². The van der Waals surface area contributed by atoms with Gasteiger partial charge in [0, 0.05) is 11.8 Å². The van der Waals surface area contributed by atoms with Crippen molar-refractivity contribution in [1.82, 2.24) is 4.98 Å². The van der Waals surface area contributed by atoms with E-state index >= 15 is 0 Å². The van der Waals surface area contributed by atoms with Gasteiger partial charge in [0.1, 0.15) is 0 Å². The lowest BCUT2D eigenvalue weighted by Gasteiger charge is -1.95. The third-order valence-corrected chi connectivity index (χ3v) is 4.40. The Morgan fingerprint density at radius 2 is 2.12 bits per heavy atom. The van der Waals surface area contributed by atoms with Crippen LogP contribution in [0.3, 0.4) is 0 Å². The average Bonchev–Trinajstić information content (AvgIpc) is 2.71. The first-order valence-electron chi connectivity index (χ1n) is 4.87. The summed E-state index contributed by atoms with van der Waals surface area (Å²) < 4.78 is 0. The van der Waals surface area contributed by atoms with Crippen molar-refractivity contribution in [2.45, 2.75) is 20.8 Å². The zero-order chi connectivity index (χ0) is 11.7. The van der Waals surface area contributed by atoms with Gasteiger partial charge in [-0.25, -0.2) is 4.98 Å². The molecule has 84 valence electrons. The van der Waals surface area contributed by atoms with Gasteiger partial charge in [-0.15, -0.1) is 11.3 Å². The van der Waals surface area contributed by atoms with Gasteiger partial charge < -0.3 is 5.32 Å². The number of nitrogens with zero attached hydrogens (tertiary/aromatic N) is 1. The fourth-order valence-electron chi connectivity index (χ4n) is 1.42. The van der Waals surface area contributed by atoms with Crippen LogP contribution in [0.4, 0.5) is 5.13 Å². The second kappa shape index (κ2) is 4.35. The van der Waals surface area contributed by atoms with E-state index in [2.05, 4.69) is 28.7 Å². The predicted molar refractivity (Wildman–Crippen MR) is 69.2 cm³/mol. The number of carbonyl (C=O) groups is 1. The molecule has 0 aromatic carbocycles. The number of aryl methyl sites for hydroxylation is 2. The van der Waals surface area contributed by atoms with Crippen LogP contribution in [0.5, 0.6) is 0 Å². The van der Waals surface area contributed by atoms with Crippen molar-refractivity contribution in [3.8, 4) is 9.75 Å². The Balaban J connectivity index is 2.39. The molecule has 2 heterocycles. The van der Waals surface area contributed by atoms with Crippen molar-refractivity contribution in [2.75, 3.05) is 5.32 Å². The van der Waals surface area contributed by atoms with Crippen molar-refractivity contribution in [3.63, 3.8) is 0 Å². The van der Waals surface area contributed by atoms with Crippen molar-refractivity contribution in [3.05, 3.63) is 22.7 Å². The molecule has 2 rings (SSSR count). The van der Waals surface area contributed by atoms with E-state index < -0.39 is 0 Å². The third-order valence-electron chi connectivity index (χ3n) is 2.15. The summed E-state index contributed by atoms with van der Waals surface area (Å²) >= 11 is 3.23. The molecule has 0 saturated heterocycles. The Morgan fingerprint density at radius 1 is 1.38 bits per heavy atom. The van der Waals surface area contributed by atoms with Gasteiger partial charge in [0.2, 0.25) is 5.91 Å². The number of amides is 1. The van der Waals surface area contributed by atoms with Gasteiger partial charge in [0.25, 0.3) is 0 Å². The van der Waals surface area contributed by atoms with Crippen LogP contribution >= 0.6 is 22.7 Å². The number of rotatable bonds is 2. The van der Waals surface area contributed by atoms with Crippen LogP contribution in [0.1, 0.15) is 18.2 Å². The monoisotopic (exact) mass is 252 g/mol. The van der Waals surface area contributed by atoms with Crippen molar-refractivity contribution in [2.24, 2.45) is 0 Å². The zero-order valence-electron chi connectivity index (χ0n) is 9.33. The molecule has 1 amide bonds. The van der Waals surface area contributed by atoms with Crippen LogP contribution in [0, 0.1) is 13.8 Å². The molecule has 2 aromatic rings. The quantitative estimate of drug-likeness (QED) is 0.889. The van der Waals surface area contributed by atoms with Gasteiger partial charge in [0.15, 0.2) is 5.13 Å². The molecular formula is C11H12N2OS2. The van der Waals surface area contributed by atoms with Gasteiger partial charge in [0.05, 0.1) is 10.6 Å². The van der Waals surface area contributed by atoms with Gasteiger partial charge in [-0.1, -0.05) is 11.3 Å². The van der Waals surface area contributed by atoms with Gasteiger partial charge in [-0.2, -0.15) is 0 Å². The minimum absolute atomic E-state index is 0.0804. The van der Waals surface area contributed by atoms with E-state index in [1.165, 1.54) is 28.7 Å². The number of hydrogen-bond donors (Lipinski definition) is 1. The van der Waals surface area contributed by atoms with Crippen molar-refractivity contribution < 1.29 is 4.79 Å². The Hall–Kier alpha value is -1.20. The number of nitrogens with one attached hydrogen (secondary N) is 1.